The Morgan fingerprint density at radius 3 is 2.75 bits per heavy atom. The molecule has 0 radical (unpaired) electrons. The molecule has 1 aromatic carbocycles. The maximum atomic E-state index is 5.99. The molecular formula is C18H26N4OS. The zero-order valence-corrected chi connectivity index (χ0v) is 15.6. The molecular weight excluding hydrogens is 320 g/mol. The van der Waals surface area contributed by atoms with Crippen molar-refractivity contribution in [3.63, 3.8) is 0 Å². The molecule has 2 rings (SSSR count). The summed E-state index contributed by atoms with van der Waals surface area (Å²) < 4.78 is 5.99. The quantitative estimate of drug-likeness (QED) is 0.597. The summed E-state index contributed by atoms with van der Waals surface area (Å²) in [6.45, 7) is 10.3. The lowest BCUT2D eigenvalue weighted by molar-refractivity contribution is 0.222. The lowest BCUT2D eigenvalue weighted by Crippen LogP contribution is -2.41. The van der Waals surface area contributed by atoms with Gasteiger partial charge in [0.15, 0.2) is 5.96 Å². The SMILES string of the molecule is CCNC(=NCc1scnc1C)NCC(C)Oc1ccccc1C. The van der Waals surface area contributed by atoms with E-state index in [0.717, 1.165) is 29.5 Å². The summed E-state index contributed by atoms with van der Waals surface area (Å²) in [6, 6.07) is 8.06. The normalized spacial score (nSPS) is 12.8. The van der Waals surface area contributed by atoms with E-state index in [1.165, 1.54) is 4.88 Å². The molecule has 0 saturated heterocycles. The van der Waals surface area contributed by atoms with Gasteiger partial charge in [-0.3, -0.25) is 0 Å². The van der Waals surface area contributed by atoms with Crippen LogP contribution in [-0.4, -0.2) is 30.1 Å². The number of rotatable bonds is 7. The van der Waals surface area contributed by atoms with Crippen LogP contribution < -0.4 is 15.4 Å². The third-order valence-electron chi connectivity index (χ3n) is 3.55. The van der Waals surface area contributed by atoms with Crippen LogP contribution in [0.5, 0.6) is 5.75 Å². The molecule has 0 amide bonds. The summed E-state index contributed by atoms with van der Waals surface area (Å²) in [4.78, 5) is 10.1. The molecule has 1 atom stereocenters. The van der Waals surface area contributed by atoms with Crippen molar-refractivity contribution in [1.29, 1.82) is 0 Å². The van der Waals surface area contributed by atoms with Gasteiger partial charge < -0.3 is 15.4 Å². The molecule has 1 unspecified atom stereocenters. The van der Waals surface area contributed by atoms with Crippen LogP contribution in [0.4, 0.5) is 0 Å². The molecule has 2 N–H and O–H groups in total. The van der Waals surface area contributed by atoms with Crippen molar-refractivity contribution in [3.8, 4) is 5.75 Å². The Labute approximate surface area is 148 Å². The molecule has 2 aromatic rings. The molecule has 6 heteroatoms. The van der Waals surface area contributed by atoms with Gasteiger partial charge in [0, 0.05) is 11.4 Å². The zero-order valence-electron chi connectivity index (χ0n) is 14.8. The van der Waals surface area contributed by atoms with Gasteiger partial charge in [-0.25, -0.2) is 9.98 Å². The largest absolute Gasteiger partial charge is 0.489 e. The van der Waals surface area contributed by atoms with E-state index in [4.69, 9.17) is 4.74 Å². The first kappa shape index (κ1) is 18.3. The standard InChI is InChI=1S/C18H26N4OS/c1-5-19-18(21-11-17-15(4)22-12-24-17)20-10-14(3)23-16-9-7-6-8-13(16)2/h6-9,12,14H,5,10-11H2,1-4H3,(H2,19,20,21). The number of benzene rings is 1. The molecule has 0 spiro atoms. The molecule has 0 aliphatic carbocycles. The summed E-state index contributed by atoms with van der Waals surface area (Å²) >= 11 is 1.64. The molecule has 1 heterocycles. The van der Waals surface area contributed by atoms with Gasteiger partial charge in [-0.05, 0) is 39.3 Å². The van der Waals surface area contributed by atoms with Crippen LogP contribution in [-0.2, 0) is 6.54 Å². The molecule has 5 nitrogen and oxygen atoms in total. The maximum absolute atomic E-state index is 5.99. The van der Waals surface area contributed by atoms with Gasteiger partial charge in [0.2, 0.25) is 0 Å². The summed E-state index contributed by atoms with van der Waals surface area (Å²) in [5, 5.41) is 6.60. The topological polar surface area (TPSA) is 58.5 Å². The Balaban J connectivity index is 1.88. The second-order valence-electron chi connectivity index (χ2n) is 5.63. The lowest BCUT2D eigenvalue weighted by Gasteiger charge is -2.18. The van der Waals surface area contributed by atoms with E-state index < -0.39 is 0 Å². The van der Waals surface area contributed by atoms with Crippen molar-refractivity contribution in [2.75, 3.05) is 13.1 Å². The predicted octanol–water partition coefficient (Wildman–Crippen LogP) is 3.28. The Kier molecular flexibility index (Phi) is 7.06. The van der Waals surface area contributed by atoms with E-state index in [-0.39, 0.29) is 6.10 Å². The number of aliphatic imine (C=N–C) groups is 1. The predicted molar refractivity (Wildman–Crippen MR) is 101 cm³/mol. The highest BCUT2D eigenvalue weighted by atomic mass is 32.1. The van der Waals surface area contributed by atoms with Crippen molar-refractivity contribution in [2.45, 2.75) is 40.3 Å². The van der Waals surface area contributed by atoms with E-state index >= 15 is 0 Å². The number of ether oxygens (including phenoxy) is 1. The first-order chi connectivity index (χ1) is 11.6. The second-order valence-corrected chi connectivity index (χ2v) is 6.57. The first-order valence-corrected chi connectivity index (χ1v) is 9.11. The van der Waals surface area contributed by atoms with E-state index in [9.17, 15) is 0 Å². The minimum Gasteiger partial charge on any atom is -0.489 e. The van der Waals surface area contributed by atoms with Crippen molar-refractivity contribution in [3.05, 3.63) is 45.9 Å². The molecule has 0 saturated carbocycles. The van der Waals surface area contributed by atoms with Crippen LogP contribution in [0.2, 0.25) is 0 Å². The number of nitrogens with zero attached hydrogens (tertiary/aromatic N) is 2. The molecule has 130 valence electrons. The van der Waals surface area contributed by atoms with Crippen LogP contribution >= 0.6 is 11.3 Å². The molecule has 0 bridgehead atoms. The van der Waals surface area contributed by atoms with E-state index in [2.05, 4.69) is 47.4 Å². The smallest absolute Gasteiger partial charge is 0.191 e. The number of hydrogen-bond donors (Lipinski definition) is 2. The Hall–Kier alpha value is -2.08. The summed E-state index contributed by atoms with van der Waals surface area (Å²) in [5.74, 6) is 1.72. The van der Waals surface area contributed by atoms with Crippen molar-refractivity contribution >= 4 is 17.3 Å². The maximum Gasteiger partial charge on any atom is 0.191 e. The van der Waals surface area contributed by atoms with Gasteiger partial charge >= 0.3 is 0 Å². The number of guanidine groups is 1. The minimum atomic E-state index is 0.0418. The third kappa shape index (κ3) is 5.53. The van der Waals surface area contributed by atoms with Gasteiger partial charge in [0.05, 0.1) is 24.3 Å². The monoisotopic (exact) mass is 346 g/mol. The highest BCUT2D eigenvalue weighted by Gasteiger charge is 2.08. The molecule has 0 aliphatic rings. The van der Waals surface area contributed by atoms with Crippen LogP contribution in [0.25, 0.3) is 0 Å². The Morgan fingerprint density at radius 1 is 1.29 bits per heavy atom. The molecule has 1 aromatic heterocycles. The van der Waals surface area contributed by atoms with Gasteiger partial charge in [-0.15, -0.1) is 11.3 Å². The van der Waals surface area contributed by atoms with Crippen LogP contribution in [0.3, 0.4) is 0 Å². The Bertz CT molecular complexity index is 669. The number of aromatic nitrogens is 1. The van der Waals surface area contributed by atoms with Gasteiger partial charge in [0.1, 0.15) is 11.9 Å². The second kappa shape index (κ2) is 9.27. The van der Waals surface area contributed by atoms with Crippen molar-refractivity contribution in [1.82, 2.24) is 15.6 Å². The fourth-order valence-electron chi connectivity index (χ4n) is 2.16. The van der Waals surface area contributed by atoms with E-state index in [0.29, 0.717) is 13.1 Å². The number of aryl methyl sites for hydroxylation is 2. The average molecular weight is 347 g/mol. The van der Waals surface area contributed by atoms with Gasteiger partial charge in [0.25, 0.3) is 0 Å². The molecule has 0 fully saturated rings. The zero-order chi connectivity index (χ0) is 17.4. The molecule has 24 heavy (non-hydrogen) atoms. The number of hydrogen-bond acceptors (Lipinski definition) is 4. The summed E-state index contributed by atoms with van der Waals surface area (Å²) in [6.07, 6.45) is 0.0418. The molecule has 0 aliphatic heterocycles. The van der Waals surface area contributed by atoms with Gasteiger partial charge in [-0.2, -0.15) is 0 Å². The van der Waals surface area contributed by atoms with Crippen molar-refractivity contribution < 1.29 is 4.74 Å². The average Bonchev–Trinajstić information content (AvgIpc) is 2.97. The fourth-order valence-corrected chi connectivity index (χ4v) is 2.86. The number of nitrogens with one attached hydrogen (secondary N) is 2. The summed E-state index contributed by atoms with van der Waals surface area (Å²) in [7, 11) is 0. The Morgan fingerprint density at radius 2 is 2.08 bits per heavy atom. The third-order valence-corrected chi connectivity index (χ3v) is 4.47. The fraction of sp³-hybridized carbons (Fsp3) is 0.444. The van der Waals surface area contributed by atoms with Crippen LogP contribution in [0, 0.1) is 13.8 Å². The van der Waals surface area contributed by atoms with Crippen molar-refractivity contribution in [2.24, 2.45) is 4.99 Å². The van der Waals surface area contributed by atoms with Gasteiger partial charge in [-0.1, -0.05) is 18.2 Å². The van der Waals surface area contributed by atoms with Crippen LogP contribution in [0.1, 0.15) is 30.0 Å². The van der Waals surface area contributed by atoms with E-state index in [1.54, 1.807) is 11.3 Å². The number of para-hydroxylation sites is 1. The highest BCUT2D eigenvalue weighted by molar-refractivity contribution is 7.09. The highest BCUT2D eigenvalue weighted by Crippen LogP contribution is 2.17. The summed E-state index contributed by atoms with van der Waals surface area (Å²) in [5.41, 5.74) is 4.06. The lowest BCUT2D eigenvalue weighted by atomic mass is 10.2. The first-order valence-electron chi connectivity index (χ1n) is 8.23. The van der Waals surface area contributed by atoms with E-state index in [1.807, 2.05) is 30.6 Å². The number of thiazole rings is 1. The minimum absolute atomic E-state index is 0.0418. The van der Waals surface area contributed by atoms with Crippen LogP contribution in [0.15, 0.2) is 34.8 Å².